The van der Waals surface area contributed by atoms with Crippen LogP contribution in [0, 0.1) is 58.2 Å². The molecular formula is C58H94N8O12. The number of ether oxygens (including phenoxy) is 2. The number of aliphatic hydroxyl groups is 1. The largest absolute Gasteiger partial charge is 0.444 e. The Morgan fingerprint density at radius 3 is 1.28 bits per heavy atom. The maximum absolute atomic E-state index is 14.2. The van der Waals surface area contributed by atoms with E-state index in [1.165, 1.54) is 0 Å². The molecule has 438 valence electrons. The monoisotopic (exact) mass is 1090 g/mol. The molecule has 0 bridgehead atoms. The summed E-state index contributed by atoms with van der Waals surface area (Å²) in [5.74, 6) is -3.38. The number of carbonyl (C=O) groups excluding carboxylic acids is 9. The molecule has 2 aliphatic heterocycles. The summed E-state index contributed by atoms with van der Waals surface area (Å²) in [5.41, 5.74) is 9.06. The van der Waals surface area contributed by atoms with E-state index in [2.05, 4.69) is 49.0 Å². The second-order valence-electron chi connectivity index (χ2n) is 27.6. The molecule has 20 nitrogen and oxygen atoms in total. The fraction of sp³-hybridized carbons (Fsp3) is 0.845. The SMILES string of the molecule is CC(C)(C)OC(=O)NC(C(=O)N1CC2C([C@H]1C(=O)NC(CC1CCC1)C(=O)C(N)=O)C2(C)C)C1CCCCC1.CC(C)(C)OC(=O)NC(C(=O)N1CC2C([C@H]1C(=O)NC(CC1CCC1)C(O)C(N)=O)C2(C)C)C1CCCCC1. The van der Waals surface area contributed by atoms with E-state index in [0.29, 0.717) is 31.8 Å². The highest BCUT2D eigenvalue weighted by molar-refractivity contribution is 6.37. The van der Waals surface area contributed by atoms with Crippen LogP contribution in [0.1, 0.15) is 185 Å². The molecule has 78 heavy (non-hydrogen) atoms. The van der Waals surface area contributed by atoms with Crippen LogP contribution in [0.4, 0.5) is 9.59 Å². The van der Waals surface area contributed by atoms with E-state index in [0.717, 1.165) is 103 Å². The van der Waals surface area contributed by atoms with Gasteiger partial charge in [0.05, 0.1) is 12.1 Å². The normalized spacial score (nSPS) is 28.4. The lowest BCUT2D eigenvalue weighted by molar-refractivity contribution is -0.144. The molecule has 0 aromatic heterocycles. The average Bonchev–Trinajstić information content (AvgIpc) is 3.90. The van der Waals surface area contributed by atoms with Gasteiger partial charge in [0.2, 0.25) is 35.3 Å². The zero-order valence-electron chi connectivity index (χ0n) is 48.3. The zero-order valence-corrected chi connectivity index (χ0v) is 48.3. The number of nitrogens with two attached hydrogens (primary N) is 2. The van der Waals surface area contributed by atoms with Crippen LogP contribution >= 0.6 is 0 Å². The Morgan fingerprint density at radius 1 is 0.551 bits per heavy atom. The summed E-state index contributed by atoms with van der Waals surface area (Å²) in [4.78, 5) is 121. The Labute approximate surface area is 461 Å². The van der Waals surface area contributed by atoms with E-state index in [1.807, 2.05) is 0 Å². The maximum atomic E-state index is 14.2. The minimum Gasteiger partial charge on any atom is -0.444 e. The van der Waals surface area contributed by atoms with Gasteiger partial charge in [-0.3, -0.25) is 33.6 Å². The van der Waals surface area contributed by atoms with Crippen molar-refractivity contribution in [3.8, 4) is 0 Å². The molecular weight excluding hydrogens is 1000 g/mol. The van der Waals surface area contributed by atoms with Gasteiger partial charge in [-0.1, -0.05) is 105 Å². The Morgan fingerprint density at radius 2 is 0.936 bits per heavy atom. The number of hydrogen-bond acceptors (Lipinski definition) is 12. The Balaban J connectivity index is 0.000000226. The Hall–Kier alpha value is -5.01. The van der Waals surface area contributed by atoms with Gasteiger partial charge in [0.1, 0.15) is 35.4 Å². The number of Topliss-reactive ketones (excluding diaryl/α,β-unsaturated/α-hetero) is 1. The quantitative estimate of drug-likeness (QED) is 0.0879. The third kappa shape index (κ3) is 14.1. The van der Waals surface area contributed by atoms with Crippen molar-refractivity contribution in [3.05, 3.63) is 0 Å². The minimum absolute atomic E-state index is 0.0320. The molecule has 6 aliphatic carbocycles. The number of fused-ring (bicyclic) bond motifs is 2. The maximum Gasteiger partial charge on any atom is 0.408 e. The number of likely N-dealkylation sites (tertiary alicyclic amines) is 2. The number of hydrogen-bond donors (Lipinski definition) is 7. The number of carbonyl (C=O) groups is 9. The highest BCUT2D eigenvalue weighted by Crippen LogP contribution is 2.66. The van der Waals surface area contributed by atoms with E-state index >= 15 is 0 Å². The third-order valence-electron chi connectivity index (χ3n) is 19.1. The lowest BCUT2D eigenvalue weighted by Gasteiger charge is -2.38. The molecule has 0 aromatic rings. The molecule has 8 rings (SSSR count). The molecule has 9 unspecified atom stereocenters. The van der Waals surface area contributed by atoms with Crippen LogP contribution < -0.4 is 32.7 Å². The molecule has 11 atom stereocenters. The Bertz CT molecular complexity index is 2260. The van der Waals surface area contributed by atoms with Crippen molar-refractivity contribution in [1.82, 2.24) is 31.1 Å². The second kappa shape index (κ2) is 24.0. The molecule has 9 N–H and O–H groups in total. The van der Waals surface area contributed by atoms with Gasteiger partial charge in [0, 0.05) is 13.1 Å². The second-order valence-corrected chi connectivity index (χ2v) is 27.6. The summed E-state index contributed by atoms with van der Waals surface area (Å²) in [7, 11) is 0. The minimum atomic E-state index is -1.49. The van der Waals surface area contributed by atoms with Gasteiger partial charge in [-0.2, -0.15) is 0 Å². The highest BCUT2D eigenvalue weighted by atomic mass is 16.6. The van der Waals surface area contributed by atoms with Gasteiger partial charge in [0.15, 0.2) is 6.10 Å². The first-order valence-electron chi connectivity index (χ1n) is 29.4. The topological polar surface area (TPSA) is 299 Å². The summed E-state index contributed by atoms with van der Waals surface area (Å²) in [6.45, 7) is 19.9. The van der Waals surface area contributed by atoms with Crippen molar-refractivity contribution < 1.29 is 57.7 Å². The third-order valence-corrected chi connectivity index (χ3v) is 19.1. The summed E-state index contributed by atoms with van der Waals surface area (Å²) in [5, 5.41) is 22.0. The van der Waals surface area contributed by atoms with Crippen LogP contribution in [0.25, 0.3) is 0 Å². The van der Waals surface area contributed by atoms with Crippen LogP contribution in [0.3, 0.4) is 0 Å². The molecule has 2 heterocycles. The summed E-state index contributed by atoms with van der Waals surface area (Å²) >= 11 is 0. The van der Waals surface area contributed by atoms with E-state index < -0.39 is 89.2 Å². The predicted octanol–water partition coefficient (Wildman–Crippen LogP) is 5.14. The molecule has 0 spiro atoms. The number of aliphatic hydroxyl groups excluding tert-OH is 1. The first-order chi connectivity index (χ1) is 36.4. The van der Waals surface area contributed by atoms with Crippen LogP contribution in [0.15, 0.2) is 0 Å². The number of alkyl carbamates (subject to hydrolysis) is 2. The molecule has 0 radical (unpaired) electrons. The predicted molar refractivity (Wildman–Crippen MR) is 289 cm³/mol. The molecule has 2 saturated heterocycles. The fourth-order valence-corrected chi connectivity index (χ4v) is 14.1. The number of ketones is 1. The number of piperidine rings is 2. The first-order valence-corrected chi connectivity index (χ1v) is 29.4. The smallest absolute Gasteiger partial charge is 0.408 e. The van der Waals surface area contributed by atoms with E-state index in [4.69, 9.17) is 20.9 Å². The average molecular weight is 1100 g/mol. The van der Waals surface area contributed by atoms with Gasteiger partial charge < -0.3 is 57.1 Å². The van der Waals surface area contributed by atoms with Gasteiger partial charge >= 0.3 is 12.2 Å². The van der Waals surface area contributed by atoms with Crippen LogP contribution in [-0.2, 0) is 43.0 Å². The van der Waals surface area contributed by atoms with Crippen molar-refractivity contribution in [3.63, 3.8) is 0 Å². The summed E-state index contributed by atoms with van der Waals surface area (Å²) in [6.07, 6.45) is 13.5. The van der Waals surface area contributed by atoms with Gasteiger partial charge in [0.25, 0.3) is 5.91 Å². The molecule has 8 aliphatic rings. The van der Waals surface area contributed by atoms with Gasteiger partial charge in [-0.05, 0) is 138 Å². The fourth-order valence-electron chi connectivity index (χ4n) is 14.1. The van der Waals surface area contributed by atoms with Crippen LogP contribution in [0.2, 0.25) is 0 Å². The standard InChI is InChI=1S/C29H48N4O6.C29H46N4O6/c2*1-28(2,3)39-27(38)32-21(17-12-7-6-8-13-17)26(37)33-15-18-20(29(18,4)5)22(33)25(36)31-19(23(34)24(30)35)14-16-10-9-11-16/h16-23,34H,6-15H2,1-5H3,(H2,30,35)(H,31,36)(H,32,38);16-22H,6-15H2,1-5H3,(H2,30,35)(H,31,36)(H,32,38)/t18?,19?,20?,21?,22-,23?;18?,19?,20?,21?,22-/m00/s1. The van der Waals surface area contributed by atoms with Crippen molar-refractivity contribution in [1.29, 1.82) is 0 Å². The van der Waals surface area contributed by atoms with E-state index in [-0.39, 0.29) is 70.0 Å². The lowest BCUT2D eigenvalue weighted by atomic mass is 9.79. The molecule has 8 fully saturated rings. The van der Waals surface area contributed by atoms with Gasteiger partial charge in [-0.15, -0.1) is 0 Å². The zero-order chi connectivity index (χ0) is 57.4. The van der Waals surface area contributed by atoms with Crippen LogP contribution in [0.5, 0.6) is 0 Å². The number of nitrogens with one attached hydrogen (secondary N) is 4. The molecule has 8 amide bonds. The Kier molecular flexibility index (Phi) is 18.6. The van der Waals surface area contributed by atoms with E-state index in [9.17, 15) is 48.3 Å². The van der Waals surface area contributed by atoms with Crippen molar-refractivity contribution in [2.45, 2.75) is 238 Å². The number of rotatable bonds is 18. The number of nitrogens with zero attached hydrogens (tertiary/aromatic N) is 2. The van der Waals surface area contributed by atoms with Gasteiger partial charge in [-0.25, -0.2) is 9.59 Å². The highest BCUT2D eigenvalue weighted by Gasteiger charge is 2.71. The summed E-state index contributed by atoms with van der Waals surface area (Å²) < 4.78 is 11.0. The van der Waals surface area contributed by atoms with Crippen molar-refractivity contribution >= 4 is 53.4 Å². The first kappa shape index (κ1) is 60.6. The van der Waals surface area contributed by atoms with Crippen LogP contribution in [-0.4, -0.2) is 135 Å². The number of primary amides is 2. The lowest BCUT2D eigenvalue weighted by Crippen LogP contribution is -2.60. The molecule has 6 saturated carbocycles. The van der Waals surface area contributed by atoms with E-state index in [1.54, 1.807) is 51.3 Å². The van der Waals surface area contributed by atoms with Crippen molar-refractivity contribution in [2.75, 3.05) is 13.1 Å². The summed E-state index contributed by atoms with van der Waals surface area (Å²) in [6, 6.07) is -4.90. The van der Waals surface area contributed by atoms with Crippen molar-refractivity contribution in [2.24, 2.45) is 69.6 Å². The number of amides is 8. The molecule has 0 aromatic carbocycles. The molecule has 20 heteroatoms.